The molecule has 0 bridgehead atoms. The van der Waals surface area contributed by atoms with Gasteiger partial charge >= 0.3 is 0 Å². The molecule has 3 rings (SSSR count). The molecule has 0 radical (unpaired) electrons. The van der Waals surface area contributed by atoms with Crippen molar-refractivity contribution >= 4 is 21.7 Å². The molecule has 0 saturated heterocycles. The smallest absolute Gasteiger partial charge is 0.211 e. The van der Waals surface area contributed by atoms with Crippen molar-refractivity contribution in [3.63, 3.8) is 0 Å². The summed E-state index contributed by atoms with van der Waals surface area (Å²) >= 11 is 3.43. The third kappa shape index (κ3) is 5.22. The number of ketones is 1. The Morgan fingerprint density at radius 3 is 1.93 bits per heavy atom. The number of rotatable bonds is 9. The summed E-state index contributed by atoms with van der Waals surface area (Å²) in [6.07, 6.45) is 0.706. The van der Waals surface area contributed by atoms with Crippen LogP contribution in [0.3, 0.4) is 0 Å². The molecule has 5 heteroatoms. The molecule has 0 heterocycles. The second-order valence-electron chi connectivity index (χ2n) is 7.35. The van der Waals surface area contributed by atoms with Crippen LogP contribution in [-0.2, 0) is 0 Å². The Balaban J connectivity index is 2.15. The first-order valence-electron chi connectivity index (χ1n) is 10.0. The minimum Gasteiger partial charge on any atom is -0.294 e. The van der Waals surface area contributed by atoms with Crippen molar-refractivity contribution in [1.82, 2.24) is 0 Å². The van der Waals surface area contributed by atoms with Crippen LogP contribution >= 0.6 is 15.9 Å². The highest BCUT2D eigenvalue weighted by molar-refractivity contribution is 9.10. The molecule has 0 N–H and O–H groups in total. The SMILES string of the molecule is CC[C@H](c1ccccc1)[C@H](C(=O)c1ccccc1)[C@@H](C[N+](=O)[O-])c1ccc(Br)cc1. The molecule has 0 aliphatic rings. The fourth-order valence-electron chi connectivity index (χ4n) is 4.13. The van der Waals surface area contributed by atoms with Crippen molar-refractivity contribution in [3.05, 3.63) is 116 Å². The normalized spacial score (nSPS) is 13.9. The molecule has 3 aromatic rings. The molecular formula is C25H24BrNO3. The van der Waals surface area contributed by atoms with E-state index in [2.05, 4.69) is 15.9 Å². The molecule has 0 spiro atoms. The Kier molecular flexibility index (Phi) is 7.52. The highest BCUT2D eigenvalue weighted by Gasteiger charge is 2.39. The first-order valence-corrected chi connectivity index (χ1v) is 10.8. The Morgan fingerprint density at radius 2 is 1.40 bits per heavy atom. The van der Waals surface area contributed by atoms with E-state index in [-0.39, 0.29) is 23.2 Å². The summed E-state index contributed by atoms with van der Waals surface area (Å²) in [5, 5.41) is 11.6. The maximum Gasteiger partial charge on any atom is 0.211 e. The van der Waals surface area contributed by atoms with Crippen LogP contribution in [0.5, 0.6) is 0 Å². The predicted molar refractivity (Wildman–Crippen MR) is 122 cm³/mol. The van der Waals surface area contributed by atoms with Gasteiger partial charge < -0.3 is 0 Å². The van der Waals surface area contributed by atoms with Gasteiger partial charge in [0.05, 0.1) is 5.92 Å². The van der Waals surface area contributed by atoms with E-state index < -0.39 is 11.8 Å². The van der Waals surface area contributed by atoms with Gasteiger partial charge in [-0.15, -0.1) is 0 Å². The van der Waals surface area contributed by atoms with E-state index in [0.29, 0.717) is 12.0 Å². The van der Waals surface area contributed by atoms with Crippen LogP contribution < -0.4 is 0 Å². The largest absolute Gasteiger partial charge is 0.294 e. The zero-order valence-corrected chi connectivity index (χ0v) is 18.4. The van der Waals surface area contributed by atoms with Crippen molar-refractivity contribution < 1.29 is 9.72 Å². The second-order valence-corrected chi connectivity index (χ2v) is 8.27. The van der Waals surface area contributed by atoms with Crippen LogP contribution in [0.2, 0.25) is 0 Å². The average molecular weight is 466 g/mol. The molecule has 0 aliphatic heterocycles. The van der Waals surface area contributed by atoms with Crippen LogP contribution in [-0.4, -0.2) is 17.3 Å². The molecule has 4 nitrogen and oxygen atoms in total. The van der Waals surface area contributed by atoms with Gasteiger partial charge in [-0.25, -0.2) is 0 Å². The van der Waals surface area contributed by atoms with Gasteiger partial charge in [0.15, 0.2) is 5.78 Å². The van der Waals surface area contributed by atoms with Gasteiger partial charge in [-0.1, -0.05) is 95.7 Å². The lowest BCUT2D eigenvalue weighted by Crippen LogP contribution is -2.32. The molecule has 3 atom stereocenters. The summed E-state index contributed by atoms with van der Waals surface area (Å²) in [7, 11) is 0. The zero-order valence-electron chi connectivity index (χ0n) is 16.8. The first-order chi connectivity index (χ1) is 14.5. The fourth-order valence-corrected chi connectivity index (χ4v) is 4.40. The fraction of sp³-hybridized carbons (Fsp3) is 0.240. The Hall–Kier alpha value is -2.79. The van der Waals surface area contributed by atoms with Gasteiger partial charge in [0.2, 0.25) is 6.54 Å². The van der Waals surface area contributed by atoms with Crippen molar-refractivity contribution in [2.45, 2.75) is 25.2 Å². The molecule has 0 unspecified atom stereocenters. The number of hydrogen-bond acceptors (Lipinski definition) is 3. The molecule has 0 saturated carbocycles. The number of benzene rings is 3. The van der Waals surface area contributed by atoms with Crippen LogP contribution in [0, 0.1) is 16.0 Å². The highest BCUT2D eigenvalue weighted by atomic mass is 79.9. The molecule has 0 fully saturated rings. The first kappa shape index (κ1) is 21.9. The maximum absolute atomic E-state index is 13.7. The minimum absolute atomic E-state index is 0.0546. The number of nitro groups is 1. The number of hydrogen-bond donors (Lipinski definition) is 0. The van der Waals surface area contributed by atoms with Crippen LogP contribution in [0.1, 0.15) is 46.7 Å². The molecule has 154 valence electrons. The van der Waals surface area contributed by atoms with Crippen molar-refractivity contribution in [2.75, 3.05) is 6.54 Å². The van der Waals surface area contributed by atoms with Crippen LogP contribution in [0.4, 0.5) is 0 Å². The standard InChI is InChI=1S/C25H24BrNO3/c1-2-22(18-9-5-3-6-10-18)24(25(28)20-11-7-4-8-12-20)23(17-27(29)30)19-13-15-21(26)16-14-19/h3-16,22-24H,2,17H2,1H3/t22-,23+,24+/m1/s1. The average Bonchev–Trinajstić information content (AvgIpc) is 2.77. The number of nitrogens with zero attached hydrogens (tertiary/aromatic N) is 1. The summed E-state index contributed by atoms with van der Waals surface area (Å²) < 4.78 is 0.895. The summed E-state index contributed by atoms with van der Waals surface area (Å²) in [4.78, 5) is 25.1. The van der Waals surface area contributed by atoms with Crippen molar-refractivity contribution in [3.8, 4) is 0 Å². The lowest BCUT2D eigenvalue weighted by atomic mass is 9.70. The molecular weight excluding hydrogens is 442 g/mol. The Labute approximate surface area is 185 Å². The van der Waals surface area contributed by atoms with E-state index in [9.17, 15) is 14.9 Å². The second kappa shape index (κ2) is 10.3. The minimum atomic E-state index is -0.550. The van der Waals surface area contributed by atoms with E-state index in [1.54, 1.807) is 12.1 Å². The van der Waals surface area contributed by atoms with Gasteiger partial charge in [0.1, 0.15) is 0 Å². The summed E-state index contributed by atoms with van der Waals surface area (Å²) in [6.45, 7) is 1.74. The molecule has 0 aromatic heterocycles. The van der Waals surface area contributed by atoms with Crippen LogP contribution in [0.15, 0.2) is 89.4 Å². The quantitative estimate of drug-likeness (QED) is 0.205. The molecule has 0 amide bonds. The number of Topliss-reactive ketones (excluding diaryl/α,β-unsaturated/α-hetero) is 1. The topological polar surface area (TPSA) is 60.2 Å². The number of halogens is 1. The van der Waals surface area contributed by atoms with E-state index in [0.717, 1.165) is 15.6 Å². The van der Waals surface area contributed by atoms with E-state index in [4.69, 9.17) is 0 Å². The van der Waals surface area contributed by atoms with E-state index in [1.807, 2.05) is 79.7 Å². The van der Waals surface area contributed by atoms with Gasteiger partial charge in [0.25, 0.3) is 0 Å². The number of carbonyl (C=O) groups excluding carboxylic acids is 1. The Bertz CT molecular complexity index is 974. The third-order valence-electron chi connectivity index (χ3n) is 5.54. The van der Waals surface area contributed by atoms with Crippen LogP contribution in [0.25, 0.3) is 0 Å². The summed E-state index contributed by atoms with van der Waals surface area (Å²) in [6, 6.07) is 26.4. The molecule has 30 heavy (non-hydrogen) atoms. The third-order valence-corrected chi connectivity index (χ3v) is 6.07. The summed E-state index contributed by atoms with van der Waals surface area (Å²) in [5.41, 5.74) is 2.42. The van der Waals surface area contributed by atoms with Gasteiger partial charge in [-0.2, -0.15) is 0 Å². The van der Waals surface area contributed by atoms with E-state index >= 15 is 0 Å². The highest BCUT2D eigenvalue weighted by Crippen LogP contribution is 2.40. The monoisotopic (exact) mass is 465 g/mol. The summed E-state index contributed by atoms with van der Waals surface area (Å²) in [5.74, 6) is -1.27. The zero-order chi connectivity index (χ0) is 21.5. The molecule has 0 aliphatic carbocycles. The predicted octanol–water partition coefficient (Wildman–Crippen LogP) is 6.50. The van der Waals surface area contributed by atoms with Gasteiger partial charge in [0, 0.05) is 20.9 Å². The van der Waals surface area contributed by atoms with Crippen molar-refractivity contribution in [2.24, 2.45) is 5.92 Å². The lowest BCUT2D eigenvalue weighted by Gasteiger charge is -2.31. The van der Waals surface area contributed by atoms with Gasteiger partial charge in [-0.3, -0.25) is 14.9 Å². The maximum atomic E-state index is 13.7. The Morgan fingerprint density at radius 1 is 0.867 bits per heavy atom. The van der Waals surface area contributed by atoms with Gasteiger partial charge in [-0.05, 0) is 35.6 Å². The van der Waals surface area contributed by atoms with E-state index in [1.165, 1.54) is 0 Å². The lowest BCUT2D eigenvalue weighted by molar-refractivity contribution is -0.484. The molecule has 3 aromatic carbocycles. The van der Waals surface area contributed by atoms with Crippen molar-refractivity contribution in [1.29, 1.82) is 0 Å². The number of carbonyl (C=O) groups is 1.